The molecular formula is C20H20ClN3O4. The second-order valence-corrected chi connectivity index (χ2v) is 7.11. The second kappa shape index (κ2) is 8.39. The predicted molar refractivity (Wildman–Crippen MR) is 105 cm³/mol. The van der Waals surface area contributed by atoms with Crippen molar-refractivity contribution in [2.24, 2.45) is 5.92 Å². The van der Waals surface area contributed by atoms with Gasteiger partial charge in [-0.25, -0.2) is 4.98 Å². The van der Waals surface area contributed by atoms with Gasteiger partial charge in [-0.3, -0.25) is 14.4 Å². The van der Waals surface area contributed by atoms with Gasteiger partial charge in [0.2, 0.25) is 5.91 Å². The van der Waals surface area contributed by atoms with Gasteiger partial charge in [-0.15, -0.1) is 0 Å². The lowest BCUT2D eigenvalue weighted by molar-refractivity contribution is -0.157. The fraction of sp³-hybridized carbons (Fsp3) is 0.300. The van der Waals surface area contributed by atoms with Gasteiger partial charge < -0.3 is 15.0 Å². The van der Waals surface area contributed by atoms with E-state index in [0.717, 1.165) is 11.3 Å². The summed E-state index contributed by atoms with van der Waals surface area (Å²) in [6, 6.07) is 10.6. The van der Waals surface area contributed by atoms with Crippen molar-refractivity contribution in [2.75, 3.05) is 16.8 Å². The van der Waals surface area contributed by atoms with E-state index in [-0.39, 0.29) is 18.9 Å². The Hall–Kier alpha value is -2.93. The summed E-state index contributed by atoms with van der Waals surface area (Å²) in [5, 5.41) is 3.00. The zero-order chi connectivity index (χ0) is 20.3. The highest BCUT2D eigenvalue weighted by atomic mass is 35.5. The number of benzene rings is 1. The molecule has 2 atom stereocenters. The number of anilines is 2. The summed E-state index contributed by atoms with van der Waals surface area (Å²) in [6.07, 6.45) is 0.436. The third-order valence-electron chi connectivity index (χ3n) is 4.44. The molecule has 0 radical (unpaired) electrons. The van der Waals surface area contributed by atoms with E-state index in [0.29, 0.717) is 10.8 Å². The molecule has 0 saturated carbocycles. The minimum Gasteiger partial charge on any atom is -0.452 e. The molecule has 1 N–H and O–H groups in total. The van der Waals surface area contributed by atoms with Crippen LogP contribution in [0.15, 0.2) is 42.6 Å². The summed E-state index contributed by atoms with van der Waals surface area (Å²) in [7, 11) is 0. The highest BCUT2D eigenvalue weighted by molar-refractivity contribution is 6.30. The Bertz CT molecular complexity index is 883. The summed E-state index contributed by atoms with van der Waals surface area (Å²) >= 11 is 5.75. The van der Waals surface area contributed by atoms with Crippen molar-refractivity contribution < 1.29 is 19.1 Å². The van der Waals surface area contributed by atoms with Crippen LogP contribution in [0.25, 0.3) is 0 Å². The topological polar surface area (TPSA) is 88.6 Å². The molecule has 2 amide bonds. The van der Waals surface area contributed by atoms with Gasteiger partial charge in [0.05, 0.1) is 10.9 Å². The van der Waals surface area contributed by atoms with Crippen LogP contribution >= 0.6 is 11.6 Å². The Morgan fingerprint density at radius 2 is 1.96 bits per heavy atom. The van der Waals surface area contributed by atoms with E-state index in [1.807, 2.05) is 31.2 Å². The fourth-order valence-electron chi connectivity index (χ4n) is 2.84. The van der Waals surface area contributed by atoms with Crippen LogP contribution in [0.1, 0.15) is 18.9 Å². The number of ether oxygens (including phenoxy) is 1. The van der Waals surface area contributed by atoms with Crippen LogP contribution in [-0.4, -0.2) is 35.4 Å². The van der Waals surface area contributed by atoms with Gasteiger partial charge >= 0.3 is 5.97 Å². The molecule has 3 rings (SSSR count). The third-order valence-corrected chi connectivity index (χ3v) is 4.67. The zero-order valence-electron chi connectivity index (χ0n) is 15.5. The van der Waals surface area contributed by atoms with Crippen molar-refractivity contribution in [2.45, 2.75) is 26.4 Å². The molecule has 146 valence electrons. The first-order valence-corrected chi connectivity index (χ1v) is 9.21. The molecule has 1 aliphatic rings. The van der Waals surface area contributed by atoms with Crippen LogP contribution < -0.4 is 10.2 Å². The first-order valence-electron chi connectivity index (χ1n) is 8.83. The number of hydrogen-bond donors (Lipinski definition) is 1. The number of pyridine rings is 1. The number of aryl methyl sites for hydroxylation is 1. The molecule has 28 heavy (non-hydrogen) atoms. The van der Waals surface area contributed by atoms with Crippen LogP contribution in [-0.2, 0) is 19.1 Å². The van der Waals surface area contributed by atoms with E-state index in [1.54, 1.807) is 17.0 Å². The predicted octanol–water partition coefficient (Wildman–Crippen LogP) is 2.97. The smallest absolute Gasteiger partial charge is 0.312 e. The summed E-state index contributed by atoms with van der Waals surface area (Å²) < 4.78 is 5.26. The summed E-state index contributed by atoms with van der Waals surface area (Å²) in [6.45, 7) is 3.66. The van der Waals surface area contributed by atoms with Gasteiger partial charge in [0.15, 0.2) is 6.10 Å². The number of nitrogens with zero attached hydrogens (tertiary/aromatic N) is 2. The Kier molecular flexibility index (Phi) is 5.94. The van der Waals surface area contributed by atoms with E-state index in [1.165, 1.54) is 13.1 Å². The number of amides is 2. The van der Waals surface area contributed by atoms with Gasteiger partial charge in [0.1, 0.15) is 5.82 Å². The number of rotatable bonds is 5. The zero-order valence-corrected chi connectivity index (χ0v) is 16.3. The lowest BCUT2D eigenvalue weighted by Crippen LogP contribution is -2.33. The van der Waals surface area contributed by atoms with Gasteiger partial charge in [0.25, 0.3) is 5.91 Å². The van der Waals surface area contributed by atoms with Gasteiger partial charge in [-0.1, -0.05) is 29.3 Å². The average molecular weight is 402 g/mol. The minimum absolute atomic E-state index is 0.0553. The maximum Gasteiger partial charge on any atom is 0.312 e. The van der Waals surface area contributed by atoms with Gasteiger partial charge in [-0.05, 0) is 38.1 Å². The van der Waals surface area contributed by atoms with Gasteiger partial charge in [-0.2, -0.15) is 0 Å². The standard InChI is InChI=1S/C20H20ClN3O4/c1-12-3-6-16(7-4-12)24-11-14(9-18(24)25)20(27)28-13(2)19(26)23-17-8-5-15(21)10-22-17/h3-8,10,13-14H,9,11H2,1-2H3,(H,22,23,26)/t13-,14-/m0/s1. The maximum atomic E-state index is 12.4. The number of halogens is 1. The van der Waals surface area contributed by atoms with Crippen molar-refractivity contribution in [1.29, 1.82) is 0 Å². The van der Waals surface area contributed by atoms with Crippen LogP contribution in [0.4, 0.5) is 11.5 Å². The Morgan fingerprint density at radius 1 is 1.25 bits per heavy atom. The molecule has 2 heterocycles. The van der Waals surface area contributed by atoms with E-state index in [4.69, 9.17) is 16.3 Å². The van der Waals surface area contributed by atoms with Gasteiger partial charge in [0, 0.05) is 24.8 Å². The van der Waals surface area contributed by atoms with Crippen molar-refractivity contribution in [1.82, 2.24) is 4.98 Å². The molecule has 1 fully saturated rings. The summed E-state index contributed by atoms with van der Waals surface area (Å²) in [5.41, 5.74) is 1.83. The molecule has 0 aliphatic carbocycles. The highest BCUT2D eigenvalue weighted by Gasteiger charge is 2.37. The normalized spacial score (nSPS) is 17.3. The van der Waals surface area contributed by atoms with Crippen molar-refractivity contribution in [3.05, 3.63) is 53.2 Å². The van der Waals surface area contributed by atoms with E-state index >= 15 is 0 Å². The molecule has 1 saturated heterocycles. The molecule has 0 spiro atoms. The molecular weight excluding hydrogens is 382 g/mol. The molecule has 0 bridgehead atoms. The molecule has 2 aromatic rings. The molecule has 0 unspecified atom stereocenters. The van der Waals surface area contributed by atoms with Crippen LogP contribution in [0.2, 0.25) is 5.02 Å². The number of nitrogens with one attached hydrogen (secondary N) is 1. The van der Waals surface area contributed by atoms with Crippen molar-refractivity contribution in [3.8, 4) is 0 Å². The number of esters is 1. The number of hydrogen-bond acceptors (Lipinski definition) is 5. The van der Waals surface area contributed by atoms with Crippen LogP contribution in [0.5, 0.6) is 0 Å². The lowest BCUT2D eigenvalue weighted by Gasteiger charge is -2.18. The average Bonchev–Trinajstić information content (AvgIpc) is 3.06. The number of carbonyl (C=O) groups is 3. The highest BCUT2D eigenvalue weighted by Crippen LogP contribution is 2.26. The quantitative estimate of drug-likeness (QED) is 0.778. The van der Waals surface area contributed by atoms with Crippen molar-refractivity contribution >= 4 is 40.9 Å². The van der Waals surface area contributed by atoms with E-state index in [2.05, 4.69) is 10.3 Å². The summed E-state index contributed by atoms with van der Waals surface area (Å²) in [4.78, 5) is 42.4. The molecule has 8 heteroatoms. The SMILES string of the molecule is Cc1ccc(N2C[C@@H](C(=O)O[C@@H](C)C(=O)Nc3ccc(Cl)cn3)CC2=O)cc1. The van der Waals surface area contributed by atoms with E-state index < -0.39 is 23.9 Å². The Morgan fingerprint density at radius 3 is 2.61 bits per heavy atom. The Balaban J connectivity index is 1.56. The molecule has 1 aromatic heterocycles. The minimum atomic E-state index is -1.02. The maximum absolute atomic E-state index is 12.4. The first kappa shape index (κ1) is 19.8. The Labute approximate surface area is 167 Å². The van der Waals surface area contributed by atoms with Crippen LogP contribution in [0.3, 0.4) is 0 Å². The molecule has 1 aliphatic heterocycles. The second-order valence-electron chi connectivity index (χ2n) is 6.67. The fourth-order valence-corrected chi connectivity index (χ4v) is 2.95. The largest absolute Gasteiger partial charge is 0.452 e. The van der Waals surface area contributed by atoms with E-state index in [9.17, 15) is 14.4 Å². The monoisotopic (exact) mass is 401 g/mol. The number of aromatic nitrogens is 1. The molecule has 1 aromatic carbocycles. The molecule has 7 nitrogen and oxygen atoms in total. The van der Waals surface area contributed by atoms with Crippen molar-refractivity contribution in [3.63, 3.8) is 0 Å². The van der Waals surface area contributed by atoms with Crippen LogP contribution in [0, 0.1) is 12.8 Å². The summed E-state index contributed by atoms with van der Waals surface area (Å²) in [5.74, 6) is -1.54. The number of carbonyl (C=O) groups excluding carboxylic acids is 3. The lowest BCUT2D eigenvalue weighted by atomic mass is 10.1. The third kappa shape index (κ3) is 4.67. The first-order chi connectivity index (χ1) is 13.3.